The minimum Gasteiger partial charge on any atom is -0.489 e. The zero-order valence-corrected chi connectivity index (χ0v) is 11.3. The first kappa shape index (κ1) is 13.9. The van der Waals surface area contributed by atoms with Crippen molar-refractivity contribution in [1.82, 2.24) is 0 Å². The Morgan fingerprint density at radius 3 is 2.76 bits per heavy atom. The van der Waals surface area contributed by atoms with Gasteiger partial charge in [0, 0.05) is 5.54 Å². The predicted molar refractivity (Wildman–Crippen MR) is 67.2 cm³/mol. The molecule has 0 amide bonds. The van der Waals surface area contributed by atoms with E-state index in [1.54, 1.807) is 0 Å². The van der Waals surface area contributed by atoms with Crippen molar-refractivity contribution in [1.29, 1.82) is 5.26 Å². The van der Waals surface area contributed by atoms with Crippen LogP contribution in [0.25, 0.3) is 0 Å². The van der Waals surface area contributed by atoms with E-state index in [2.05, 4.69) is 15.9 Å². The van der Waals surface area contributed by atoms with Crippen molar-refractivity contribution in [3.63, 3.8) is 0 Å². The van der Waals surface area contributed by atoms with Gasteiger partial charge < -0.3 is 10.5 Å². The normalized spacial score (nSPS) is 13.9. The highest BCUT2D eigenvalue weighted by Gasteiger charge is 2.19. The highest BCUT2D eigenvalue weighted by atomic mass is 79.9. The van der Waals surface area contributed by atoms with Crippen molar-refractivity contribution < 1.29 is 9.13 Å². The summed E-state index contributed by atoms with van der Waals surface area (Å²) in [5.74, 6) is -0.475. The van der Waals surface area contributed by atoms with Gasteiger partial charge in [-0.15, -0.1) is 0 Å². The molecule has 0 spiro atoms. The van der Waals surface area contributed by atoms with Crippen molar-refractivity contribution in [2.75, 3.05) is 6.61 Å². The quantitative estimate of drug-likeness (QED) is 0.930. The maximum atomic E-state index is 13.8. The second kappa shape index (κ2) is 5.48. The van der Waals surface area contributed by atoms with Crippen LogP contribution in [0.2, 0.25) is 0 Å². The third-order valence-electron chi connectivity index (χ3n) is 2.53. The lowest BCUT2D eigenvalue weighted by Gasteiger charge is -2.23. The van der Waals surface area contributed by atoms with E-state index < -0.39 is 11.4 Å². The summed E-state index contributed by atoms with van der Waals surface area (Å²) in [6, 6.07) is 4.82. The molecular formula is C12H14BrFN2O. The van der Waals surface area contributed by atoms with Crippen LogP contribution in [0.15, 0.2) is 16.6 Å². The smallest absolute Gasteiger partial charge is 0.180 e. The summed E-state index contributed by atoms with van der Waals surface area (Å²) in [5.41, 5.74) is 5.64. The lowest BCUT2D eigenvalue weighted by molar-refractivity contribution is 0.217. The van der Waals surface area contributed by atoms with Gasteiger partial charge in [-0.05, 0) is 41.4 Å². The summed E-state index contributed by atoms with van der Waals surface area (Å²) in [4.78, 5) is 0. The lowest BCUT2D eigenvalue weighted by Crippen LogP contribution is -2.41. The first-order valence-corrected chi connectivity index (χ1v) is 6.00. The molecule has 1 atom stereocenters. The Morgan fingerprint density at radius 2 is 2.24 bits per heavy atom. The van der Waals surface area contributed by atoms with Crippen molar-refractivity contribution in [3.8, 4) is 11.8 Å². The fourth-order valence-electron chi connectivity index (χ4n) is 1.07. The van der Waals surface area contributed by atoms with Crippen LogP contribution in [-0.2, 0) is 0 Å². The topological polar surface area (TPSA) is 59.0 Å². The molecule has 0 aliphatic carbocycles. The third-order valence-corrected chi connectivity index (χ3v) is 3.31. The number of halogens is 2. The lowest BCUT2D eigenvalue weighted by atomic mass is 10.0. The Hall–Kier alpha value is -1.12. The molecule has 3 nitrogen and oxygen atoms in total. The Balaban J connectivity index is 2.88. The monoisotopic (exact) mass is 300 g/mol. The standard InChI is InChI=1S/C12H14BrFN2O/c1-3-12(2,16)7-17-9-5-4-8(6-15)10(13)11(9)14/h4-5H,3,7,16H2,1-2H3. The third kappa shape index (κ3) is 3.42. The highest BCUT2D eigenvalue weighted by molar-refractivity contribution is 9.10. The van der Waals surface area contributed by atoms with E-state index >= 15 is 0 Å². The largest absolute Gasteiger partial charge is 0.489 e. The molecule has 0 heterocycles. The van der Waals surface area contributed by atoms with Gasteiger partial charge in [-0.1, -0.05) is 6.92 Å². The predicted octanol–water partition coefficient (Wildman–Crippen LogP) is 2.97. The molecule has 1 aromatic rings. The van der Waals surface area contributed by atoms with E-state index in [1.165, 1.54) is 12.1 Å². The number of hydrogen-bond acceptors (Lipinski definition) is 3. The van der Waals surface area contributed by atoms with Crippen LogP contribution in [-0.4, -0.2) is 12.1 Å². The zero-order valence-electron chi connectivity index (χ0n) is 9.76. The Labute approximate surface area is 109 Å². The Kier molecular flexibility index (Phi) is 4.49. The molecule has 0 fully saturated rings. The molecule has 17 heavy (non-hydrogen) atoms. The van der Waals surface area contributed by atoms with Gasteiger partial charge in [0.2, 0.25) is 0 Å². The SMILES string of the molecule is CCC(C)(N)COc1ccc(C#N)c(Br)c1F. The van der Waals surface area contributed by atoms with Crippen LogP contribution in [0, 0.1) is 17.1 Å². The molecule has 0 bridgehead atoms. The zero-order chi connectivity index (χ0) is 13.1. The first-order chi connectivity index (χ1) is 7.91. The Bertz CT molecular complexity index is 455. The molecule has 1 unspecified atom stereocenters. The second-order valence-electron chi connectivity index (χ2n) is 4.15. The molecule has 0 saturated heterocycles. The van der Waals surface area contributed by atoms with Gasteiger partial charge in [0.15, 0.2) is 11.6 Å². The fraction of sp³-hybridized carbons (Fsp3) is 0.417. The maximum Gasteiger partial charge on any atom is 0.180 e. The van der Waals surface area contributed by atoms with E-state index in [-0.39, 0.29) is 22.4 Å². The number of hydrogen-bond donors (Lipinski definition) is 1. The molecule has 0 aliphatic heterocycles. The second-order valence-corrected chi connectivity index (χ2v) is 4.94. The molecule has 0 aromatic heterocycles. The minimum atomic E-state index is -0.573. The molecule has 1 rings (SSSR count). The van der Waals surface area contributed by atoms with Crippen molar-refractivity contribution in [2.45, 2.75) is 25.8 Å². The number of nitrogens with two attached hydrogens (primary N) is 1. The van der Waals surface area contributed by atoms with Crippen LogP contribution in [0.5, 0.6) is 5.75 Å². The van der Waals surface area contributed by atoms with Gasteiger partial charge in [-0.3, -0.25) is 0 Å². The molecule has 1 aromatic carbocycles. The molecular weight excluding hydrogens is 287 g/mol. The number of nitrogens with zero attached hydrogens (tertiary/aromatic N) is 1. The summed E-state index contributed by atoms with van der Waals surface area (Å²) in [6.07, 6.45) is 0.728. The van der Waals surface area contributed by atoms with Crippen molar-refractivity contribution in [2.24, 2.45) is 5.73 Å². The average molecular weight is 301 g/mol. The summed E-state index contributed by atoms with van der Waals surface area (Å²) in [6.45, 7) is 4.00. The van der Waals surface area contributed by atoms with Crippen LogP contribution in [0.1, 0.15) is 25.8 Å². The molecule has 0 aliphatic rings. The average Bonchev–Trinajstić information content (AvgIpc) is 2.31. The van der Waals surface area contributed by atoms with E-state index in [1.807, 2.05) is 19.9 Å². The molecule has 2 N–H and O–H groups in total. The van der Waals surface area contributed by atoms with Gasteiger partial charge in [0.25, 0.3) is 0 Å². The highest BCUT2D eigenvalue weighted by Crippen LogP contribution is 2.28. The molecule has 0 saturated carbocycles. The van der Waals surface area contributed by atoms with E-state index in [4.69, 9.17) is 15.7 Å². The number of rotatable bonds is 4. The van der Waals surface area contributed by atoms with Crippen molar-refractivity contribution in [3.05, 3.63) is 28.0 Å². The number of nitriles is 1. The van der Waals surface area contributed by atoms with Crippen LogP contribution in [0.4, 0.5) is 4.39 Å². The molecule has 5 heteroatoms. The molecule has 0 radical (unpaired) electrons. The van der Waals surface area contributed by atoms with Gasteiger partial charge >= 0.3 is 0 Å². The summed E-state index contributed by atoms with van der Waals surface area (Å²) in [7, 11) is 0. The van der Waals surface area contributed by atoms with E-state index in [0.717, 1.165) is 6.42 Å². The fourth-order valence-corrected chi connectivity index (χ4v) is 1.49. The van der Waals surface area contributed by atoms with Crippen LogP contribution in [0.3, 0.4) is 0 Å². The summed E-state index contributed by atoms with van der Waals surface area (Å²) >= 11 is 3.02. The minimum absolute atomic E-state index is 0.0981. The first-order valence-electron chi connectivity index (χ1n) is 5.21. The Morgan fingerprint density at radius 1 is 1.59 bits per heavy atom. The van der Waals surface area contributed by atoms with Crippen LogP contribution < -0.4 is 10.5 Å². The van der Waals surface area contributed by atoms with E-state index in [9.17, 15) is 4.39 Å². The summed E-state index contributed by atoms with van der Waals surface area (Å²) < 4.78 is 19.2. The summed E-state index contributed by atoms with van der Waals surface area (Å²) in [5, 5.41) is 8.72. The maximum absolute atomic E-state index is 13.8. The van der Waals surface area contributed by atoms with Gasteiger partial charge in [0.05, 0.1) is 10.0 Å². The van der Waals surface area contributed by atoms with Crippen LogP contribution >= 0.6 is 15.9 Å². The number of ether oxygens (including phenoxy) is 1. The number of benzene rings is 1. The molecule has 92 valence electrons. The van der Waals surface area contributed by atoms with E-state index in [0.29, 0.717) is 0 Å². The van der Waals surface area contributed by atoms with Gasteiger partial charge in [-0.25, -0.2) is 4.39 Å². The van der Waals surface area contributed by atoms with Gasteiger partial charge in [-0.2, -0.15) is 5.26 Å². The van der Waals surface area contributed by atoms with Crippen molar-refractivity contribution >= 4 is 15.9 Å². The van der Waals surface area contributed by atoms with Gasteiger partial charge in [0.1, 0.15) is 12.7 Å².